The van der Waals surface area contributed by atoms with Crippen molar-refractivity contribution >= 4 is 35.8 Å². The van der Waals surface area contributed by atoms with Crippen LogP contribution in [0.3, 0.4) is 0 Å². The van der Waals surface area contributed by atoms with E-state index in [0.29, 0.717) is 0 Å². The Kier molecular flexibility index (Phi) is 11.8. The number of methoxy groups -OCH3 is 6. The minimum absolute atomic E-state index is 0.0951. The second-order valence-corrected chi connectivity index (χ2v) is 9.68. The lowest BCUT2D eigenvalue weighted by Gasteiger charge is -2.12. The van der Waals surface area contributed by atoms with E-state index in [1.54, 1.807) is 0 Å². The monoisotopic (exact) mass is 705 g/mol. The molecule has 0 unspecified atom stereocenters. The van der Waals surface area contributed by atoms with E-state index in [2.05, 4.69) is 15.0 Å². The minimum Gasteiger partial charge on any atom is -0.465 e. The molecule has 18 nitrogen and oxygen atoms in total. The third-order valence-corrected chi connectivity index (χ3v) is 6.45. The Bertz CT molecular complexity index is 1690. The molecule has 1 heterocycles. The third-order valence-electron chi connectivity index (χ3n) is 6.45. The zero-order valence-corrected chi connectivity index (χ0v) is 27.7. The van der Waals surface area contributed by atoms with Crippen LogP contribution in [0.15, 0.2) is 54.6 Å². The van der Waals surface area contributed by atoms with Crippen molar-refractivity contribution in [3.05, 3.63) is 88.0 Å². The van der Waals surface area contributed by atoms with E-state index in [1.165, 1.54) is 54.6 Å². The van der Waals surface area contributed by atoms with Crippen LogP contribution >= 0.6 is 0 Å². The zero-order chi connectivity index (χ0) is 37.2. The van der Waals surface area contributed by atoms with Gasteiger partial charge < -0.3 is 42.6 Å². The number of hydrogen-bond acceptors (Lipinski definition) is 18. The number of rotatable bonds is 12. The van der Waals surface area contributed by atoms with Gasteiger partial charge in [0.05, 0.1) is 76.0 Å². The normalized spacial score (nSPS) is 10.2. The Labute approximate surface area is 288 Å². The van der Waals surface area contributed by atoms with Gasteiger partial charge in [0.2, 0.25) is 0 Å². The summed E-state index contributed by atoms with van der Waals surface area (Å²) in [6.07, 6.45) is 0. The summed E-state index contributed by atoms with van der Waals surface area (Å²) in [5.74, 6) is -5.32. The fraction of sp³-hybridized carbons (Fsp3) is 0.182. The summed E-state index contributed by atoms with van der Waals surface area (Å²) in [5, 5.41) is 0. The lowest BCUT2D eigenvalue weighted by molar-refractivity contribution is 0.0581. The fourth-order valence-corrected chi connectivity index (χ4v) is 4.16. The van der Waals surface area contributed by atoms with Crippen LogP contribution < -0.4 is 14.2 Å². The number of aromatic nitrogens is 3. The Morgan fingerprint density at radius 2 is 0.510 bits per heavy atom. The molecule has 0 saturated heterocycles. The maximum absolute atomic E-state index is 12.3. The molecule has 0 fully saturated rings. The van der Waals surface area contributed by atoms with Crippen molar-refractivity contribution in [3.8, 4) is 35.3 Å². The van der Waals surface area contributed by atoms with Gasteiger partial charge in [-0.1, -0.05) is 0 Å². The second-order valence-electron chi connectivity index (χ2n) is 9.68. The molecule has 0 aliphatic heterocycles. The van der Waals surface area contributed by atoms with Gasteiger partial charge in [-0.3, -0.25) is 0 Å². The van der Waals surface area contributed by atoms with Crippen LogP contribution in [0.1, 0.15) is 62.1 Å². The van der Waals surface area contributed by atoms with Crippen LogP contribution in [0.25, 0.3) is 0 Å². The summed E-state index contributed by atoms with van der Waals surface area (Å²) in [6.45, 7) is 0. The van der Waals surface area contributed by atoms with Gasteiger partial charge in [-0.2, -0.15) is 0 Å². The summed E-state index contributed by atoms with van der Waals surface area (Å²) < 4.78 is 45.9. The van der Waals surface area contributed by atoms with E-state index in [9.17, 15) is 28.8 Å². The van der Waals surface area contributed by atoms with Gasteiger partial charge in [0.15, 0.2) is 0 Å². The lowest BCUT2D eigenvalue weighted by Crippen LogP contribution is -2.09. The first-order valence-electron chi connectivity index (χ1n) is 14.2. The summed E-state index contributed by atoms with van der Waals surface area (Å²) in [7, 11) is 6.80. The Hall–Kier alpha value is -7.11. The standard InChI is InChI=1S/C33H27N3O15/c1-43-25(37)16-7-17(26(38)44-2)11-22(10-16)49-31-34-32(50-23-12-18(27(39)45-3)8-19(13-23)28(40)46-4)36-33(35-31)51-24-14-20(29(41)47-5)9-21(15-24)30(42)48-6/h7-15H,1-6H3. The van der Waals surface area contributed by atoms with Crippen molar-refractivity contribution in [1.82, 2.24) is 15.0 Å². The molecule has 0 bridgehead atoms. The van der Waals surface area contributed by atoms with Crippen LogP contribution in [-0.2, 0) is 28.4 Å². The number of carbonyl (C=O) groups excluding carboxylic acids is 6. The van der Waals surface area contributed by atoms with Crippen LogP contribution in [0.2, 0.25) is 0 Å². The van der Waals surface area contributed by atoms with Crippen LogP contribution in [0.4, 0.5) is 0 Å². The van der Waals surface area contributed by atoms with E-state index < -0.39 is 53.8 Å². The maximum atomic E-state index is 12.3. The third kappa shape index (κ3) is 9.08. The van der Waals surface area contributed by atoms with Crippen LogP contribution in [-0.4, -0.2) is 93.4 Å². The molecule has 0 N–H and O–H groups in total. The molecule has 51 heavy (non-hydrogen) atoms. The van der Waals surface area contributed by atoms with Gasteiger partial charge in [0, 0.05) is 0 Å². The number of nitrogens with zero attached hydrogens (tertiary/aromatic N) is 3. The van der Waals surface area contributed by atoms with Crippen molar-refractivity contribution in [3.63, 3.8) is 0 Å². The number of benzene rings is 3. The first kappa shape index (κ1) is 36.7. The topological polar surface area (TPSA) is 224 Å². The lowest BCUT2D eigenvalue weighted by atomic mass is 10.1. The summed E-state index contributed by atoms with van der Waals surface area (Å²) in [4.78, 5) is 86.4. The Morgan fingerprint density at radius 1 is 0.333 bits per heavy atom. The van der Waals surface area contributed by atoms with E-state index in [1.807, 2.05) is 0 Å². The molecule has 4 aromatic rings. The van der Waals surface area contributed by atoms with Gasteiger partial charge in [0.1, 0.15) is 17.2 Å². The smallest absolute Gasteiger partial charge is 0.338 e. The molecule has 0 aliphatic rings. The van der Waals surface area contributed by atoms with Gasteiger partial charge in [0.25, 0.3) is 0 Å². The largest absolute Gasteiger partial charge is 0.465 e. The Morgan fingerprint density at radius 3 is 0.667 bits per heavy atom. The van der Waals surface area contributed by atoms with Crippen molar-refractivity contribution < 1.29 is 71.4 Å². The highest BCUT2D eigenvalue weighted by atomic mass is 16.6. The quantitative estimate of drug-likeness (QED) is 0.150. The van der Waals surface area contributed by atoms with Crippen molar-refractivity contribution in [2.24, 2.45) is 0 Å². The molecule has 0 radical (unpaired) electrons. The van der Waals surface area contributed by atoms with Gasteiger partial charge in [-0.25, -0.2) is 28.8 Å². The molecular formula is C33H27N3O15. The maximum Gasteiger partial charge on any atom is 0.338 e. The average Bonchev–Trinajstić information content (AvgIpc) is 3.15. The summed E-state index contributed by atoms with van der Waals surface area (Å²) in [5.41, 5.74) is -0.570. The number of carbonyl (C=O) groups is 6. The van der Waals surface area contributed by atoms with Crippen molar-refractivity contribution in [2.45, 2.75) is 0 Å². The van der Waals surface area contributed by atoms with Crippen LogP contribution in [0, 0.1) is 0 Å². The predicted octanol–water partition coefficient (Wildman–Crippen LogP) is 3.97. The average molecular weight is 706 g/mol. The SMILES string of the molecule is COC(=O)c1cc(Oc2nc(Oc3cc(C(=O)OC)cc(C(=O)OC)c3)nc(Oc3cc(C(=O)OC)cc(C(=O)OC)c3)n2)cc(C(=O)OC)c1. The highest BCUT2D eigenvalue weighted by molar-refractivity contribution is 5.97. The van der Waals surface area contributed by atoms with Gasteiger partial charge in [-0.15, -0.1) is 15.0 Å². The molecule has 0 saturated carbocycles. The minimum atomic E-state index is -0.812. The molecule has 4 rings (SSSR count). The van der Waals surface area contributed by atoms with Crippen LogP contribution in [0.5, 0.6) is 35.3 Å². The van der Waals surface area contributed by atoms with Gasteiger partial charge in [-0.05, 0) is 54.6 Å². The summed E-state index contributed by atoms with van der Waals surface area (Å²) in [6, 6.07) is 9.31. The molecular weight excluding hydrogens is 678 g/mol. The highest BCUT2D eigenvalue weighted by Gasteiger charge is 2.21. The molecule has 0 aliphatic carbocycles. The van der Waals surface area contributed by atoms with Gasteiger partial charge >= 0.3 is 53.8 Å². The summed E-state index contributed by atoms with van der Waals surface area (Å²) >= 11 is 0. The van der Waals surface area contributed by atoms with E-state index in [4.69, 9.17) is 42.6 Å². The molecule has 1 aromatic heterocycles. The predicted molar refractivity (Wildman–Crippen MR) is 167 cm³/mol. The molecule has 3 aromatic carbocycles. The fourth-order valence-electron chi connectivity index (χ4n) is 4.16. The number of hydrogen-bond donors (Lipinski definition) is 0. The van der Waals surface area contributed by atoms with E-state index in [0.717, 1.165) is 42.7 Å². The van der Waals surface area contributed by atoms with E-state index >= 15 is 0 Å². The second kappa shape index (κ2) is 16.3. The zero-order valence-electron chi connectivity index (χ0n) is 27.7. The van der Waals surface area contributed by atoms with Crippen molar-refractivity contribution in [2.75, 3.05) is 42.7 Å². The van der Waals surface area contributed by atoms with E-state index in [-0.39, 0.29) is 50.6 Å². The molecule has 18 heteroatoms. The first-order chi connectivity index (χ1) is 24.4. The van der Waals surface area contributed by atoms with Crippen molar-refractivity contribution in [1.29, 1.82) is 0 Å². The Balaban J connectivity index is 1.86. The number of esters is 6. The molecule has 0 atom stereocenters. The molecule has 264 valence electrons. The first-order valence-corrected chi connectivity index (χ1v) is 14.2. The number of ether oxygens (including phenoxy) is 9. The molecule has 0 spiro atoms. The molecule has 0 amide bonds. The highest BCUT2D eigenvalue weighted by Crippen LogP contribution is 2.30.